The number of hydrogen-bond acceptors (Lipinski definition) is 6. The van der Waals surface area contributed by atoms with Crippen LogP contribution in [0.2, 0.25) is 0 Å². The molecule has 1 amide bonds. The fourth-order valence-electron chi connectivity index (χ4n) is 4.35. The molecule has 8 heteroatoms. The topological polar surface area (TPSA) is 81.5 Å². The van der Waals surface area contributed by atoms with Crippen molar-refractivity contribution in [3.8, 4) is 0 Å². The lowest BCUT2D eigenvalue weighted by Gasteiger charge is -2.33. The summed E-state index contributed by atoms with van der Waals surface area (Å²) in [6.45, 7) is 6.90. The van der Waals surface area contributed by atoms with Gasteiger partial charge in [0.1, 0.15) is 6.04 Å². The van der Waals surface area contributed by atoms with E-state index in [1.54, 1.807) is 23.2 Å². The standard InChI is InChI=1S/C23H27N3O4S/c1-4-17(21(27)25-12-10-15(11-13-25)23(29)30-5-2)26-22(28)19-16-8-6-7-9-18(16)31-20(19)14(3)24-26/h6-9,15,17H,4-5,10-13H2,1-3H3. The van der Waals surface area contributed by atoms with Crippen LogP contribution in [0.5, 0.6) is 0 Å². The van der Waals surface area contributed by atoms with Gasteiger partial charge in [0.15, 0.2) is 0 Å². The van der Waals surface area contributed by atoms with Gasteiger partial charge in [-0.2, -0.15) is 5.10 Å². The Hall–Kier alpha value is -2.74. The molecule has 0 radical (unpaired) electrons. The number of carbonyl (C=O) groups is 2. The molecule has 0 spiro atoms. The number of piperidine rings is 1. The summed E-state index contributed by atoms with van der Waals surface area (Å²) in [5.41, 5.74) is 0.530. The molecule has 0 saturated carbocycles. The minimum absolute atomic E-state index is 0.113. The third-order valence-corrected chi connectivity index (χ3v) is 7.28. The number of esters is 1. The number of benzene rings is 1. The molecule has 4 rings (SSSR count). The van der Waals surface area contributed by atoms with Gasteiger partial charge in [-0.25, -0.2) is 4.68 Å². The molecule has 0 bridgehead atoms. The molecule has 0 N–H and O–H groups in total. The van der Waals surface area contributed by atoms with Crippen molar-refractivity contribution in [1.29, 1.82) is 0 Å². The van der Waals surface area contributed by atoms with Crippen molar-refractivity contribution in [2.24, 2.45) is 5.92 Å². The van der Waals surface area contributed by atoms with E-state index in [1.807, 2.05) is 38.1 Å². The second-order valence-electron chi connectivity index (χ2n) is 7.91. The first kappa shape index (κ1) is 21.5. The van der Waals surface area contributed by atoms with E-state index in [4.69, 9.17) is 4.74 Å². The zero-order valence-electron chi connectivity index (χ0n) is 18.1. The van der Waals surface area contributed by atoms with E-state index in [2.05, 4.69) is 5.10 Å². The molecule has 31 heavy (non-hydrogen) atoms. The summed E-state index contributed by atoms with van der Waals surface area (Å²) in [5, 5.41) is 6.09. The van der Waals surface area contributed by atoms with Crippen LogP contribution in [0.4, 0.5) is 0 Å². The normalized spacial score (nSPS) is 16.0. The number of aryl methyl sites for hydroxylation is 1. The molecule has 1 atom stereocenters. The van der Waals surface area contributed by atoms with E-state index in [-0.39, 0.29) is 23.4 Å². The number of ether oxygens (including phenoxy) is 1. The lowest BCUT2D eigenvalue weighted by molar-refractivity contribution is -0.151. The molecule has 0 aliphatic carbocycles. The summed E-state index contributed by atoms with van der Waals surface area (Å²) in [5.74, 6) is -0.469. The molecule has 164 valence electrons. The van der Waals surface area contributed by atoms with Crippen molar-refractivity contribution in [3.63, 3.8) is 0 Å². The van der Waals surface area contributed by atoms with Crippen LogP contribution in [0, 0.1) is 12.8 Å². The van der Waals surface area contributed by atoms with Crippen molar-refractivity contribution in [1.82, 2.24) is 14.7 Å². The molecular weight excluding hydrogens is 414 g/mol. The van der Waals surface area contributed by atoms with E-state index in [9.17, 15) is 14.4 Å². The van der Waals surface area contributed by atoms with Crippen molar-refractivity contribution in [3.05, 3.63) is 40.3 Å². The molecule has 3 heterocycles. The van der Waals surface area contributed by atoms with Gasteiger partial charge >= 0.3 is 5.97 Å². The maximum Gasteiger partial charge on any atom is 0.309 e. The van der Waals surface area contributed by atoms with Crippen LogP contribution in [-0.4, -0.2) is 46.3 Å². The highest BCUT2D eigenvalue weighted by Crippen LogP contribution is 2.33. The summed E-state index contributed by atoms with van der Waals surface area (Å²) in [7, 11) is 0. The van der Waals surface area contributed by atoms with Crippen LogP contribution in [0.15, 0.2) is 29.1 Å². The van der Waals surface area contributed by atoms with Crippen LogP contribution in [-0.2, 0) is 14.3 Å². The molecule has 2 aromatic heterocycles. The highest BCUT2D eigenvalue weighted by atomic mass is 32.1. The number of nitrogens with zero attached hydrogens (tertiary/aromatic N) is 3. The molecule has 1 aliphatic rings. The van der Waals surface area contributed by atoms with E-state index in [0.29, 0.717) is 44.3 Å². The Kier molecular flexibility index (Phi) is 6.09. The number of fused-ring (bicyclic) bond motifs is 3. The molecular formula is C23H27N3O4S. The Labute approximate surface area is 184 Å². The van der Waals surface area contributed by atoms with Crippen molar-refractivity contribution in [2.75, 3.05) is 19.7 Å². The van der Waals surface area contributed by atoms with E-state index in [0.717, 1.165) is 20.5 Å². The van der Waals surface area contributed by atoms with Gasteiger partial charge in [-0.3, -0.25) is 14.4 Å². The Morgan fingerprint density at radius 2 is 1.94 bits per heavy atom. The van der Waals surface area contributed by atoms with E-state index < -0.39 is 6.04 Å². The maximum absolute atomic E-state index is 13.4. The minimum atomic E-state index is -0.659. The fourth-order valence-corrected chi connectivity index (χ4v) is 5.48. The van der Waals surface area contributed by atoms with Crippen LogP contribution in [0.1, 0.15) is 44.8 Å². The third kappa shape index (κ3) is 3.84. The van der Waals surface area contributed by atoms with Crippen LogP contribution < -0.4 is 5.56 Å². The van der Waals surface area contributed by atoms with Crippen molar-refractivity contribution >= 4 is 43.4 Å². The second kappa shape index (κ2) is 8.78. The lowest BCUT2D eigenvalue weighted by atomic mass is 9.96. The van der Waals surface area contributed by atoms with Gasteiger partial charge in [0.05, 0.1) is 28.3 Å². The number of thiophene rings is 1. The van der Waals surface area contributed by atoms with Crippen molar-refractivity contribution in [2.45, 2.75) is 46.1 Å². The zero-order valence-corrected chi connectivity index (χ0v) is 18.9. The molecule has 1 saturated heterocycles. The Balaban J connectivity index is 1.64. The van der Waals surface area contributed by atoms with Gasteiger partial charge in [0.2, 0.25) is 5.91 Å². The summed E-state index contributed by atoms with van der Waals surface area (Å²) >= 11 is 1.56. The summed E-state index contributed by atoms with van der Waals surface area (Å²) in [6.07, 6.45) is 1.63. The third-order valence-electron chi connectivity index (χ3n) is 6.00. The maximum atomic E-state index is 13.4. The van der Waals surface area contributed by atoms with Crippen molar-refractivity contribution < 1.29 is 14.3 Å². The zero-order chi connectivity index (χ0) is 22.1. The number of amides is 1. The molecule has 1 fully saturated rings. The van der Waals surface area contributed by atoms with E-state index in [1.165, 1.54) is 4.68 Å². The summed E-state index contributed by atoms with van der Waals surface area (Å²) < 4.78 is 8.40. The Morgan fingerprint density at radius 3 is 2.61 bits per heavy atom. The average molecular weight is 442 g/mol. The Morgan fingerprint density at radius 1 is 1.23 bits per heavy atom. The number of likely N-dealkylation sites (tertiary alicyclic amines) is 1. The monoisotopic (exact) mass is 441 g/mol. The first-order valence-corrected chi connectivity index (χ1v) is 11.6. The highest BCUT2D eigenvalue weighted by molar-refractivity contribution is 7.26. The minimum Gasteiger partial charge on any atom is -0.466 e. The van der Waals surface area contributed by atoms with Gasteiger partial charge in [0, 0.05) is 23.2 Å². The van der Waals surface area contributed by atoms with Gasteiger partial charge < -0.3 is 9.64 Å². The quantitative estimate of drug-likeness (QED) is 0.564. The van der Waals surface area contributed by atoms with Crippen LogP contribution in [0.3, 0.4) is 0 Å². The number of rotatable bonds is 5. The van der Waals surface area contributed by atoms with Crippen LogP contribution in [0.25, 0.3) is 20.2 Å². The fraction of sp³-hybridized carbons (Fsp3) is 0.478. The van der Waals surface area contributed by atoms with Crippen LogP contribution >= 0.6 is 11.3 Å². The number of aromatic nitrogens is 2. The molecule has 1 aromatic carbocycles. The predicted molar refractivity (Wildman–Crippen MR) is 121 cm³/mol. The first-order chi connectivity index (χ1) is 15.0. The average Bonchev–Trinajstić information content (AvgIpc) is 3.18. The molecule has 1 unspecified atom stereocenters. The summed E-state index contributed by atoms with van der Waals surface area (Å²) in [4.78, 5) is 40.5. The smallest absolute Gasteiger partial charge is 0.309 e. The Bertz CT molecular complexity index is 1190. The number of carbonyl (C=O) groups excluding carboxylic acids is 2. The van der Waals surface area contributed by atoms with Gasteiger partial charge in [-0.05, 0) is 39.2 Å². The highest BCUT2D eigenvalue weighted by Gasteiger charge is 2.33. The first-order valence-electron chi connectivity index (χ1n) is 10.8. The number of hydrogen-bond donors (Lipinski definition) is 0. The van der Waals surface area contributed by atoms with Gasteiger partial charge in [0.25, 0.3) is 5.56 Å². The second-order valence-corrected chi connectivity index (χ2v) is 8.97. The summed E-state index contributed by atoms with van der Waals surface area (Å²) in [6, 6.07) is 7.16. The molecule has 1 aliphatic heterocycles. The molecule has 3 aromatic rings. The van der Waals surface area contributed by atoms with Gasteiger partial charge in [-0.15, -0.1) is 11.3 Å². The SMILES string of the molecule is CCOC(=O)C1CCN(C(=O)C(CC)n2nc(C)c3sc4ccccc4c3c2=O)CC1. The lowest BCUT2D eigenvalue weighted by Crippen LogP contribution is -2.45. The van der Waals surface area contributed by atoms with E-state index >= 15 is 0 Å². The largest absolute Gasteiger partial charge is 0.466 e. The predicted octanol–water partition coefficient (Wildman–Crippen LogP) is 3.67. The van der Waals surface area contributed by atoms with Gasteiger partial charge in [-0.1, -0.05) is 25.1 Å². The molecule has 7 nitrogen and oxygen atoms in total.